The van der Waals surface area contributed by atoms with Crippen LogP contribution in [0.5, 0.6) is 0 Å². The number of likely N-dealkylation sites (tertiary alicyclic amines) is 1. The quantitative estimate of drug-likeness (QED) is 0.800. The summed E-state index contributed by atoms with van der Waals surface area (Å²) in [5.41, 5.74) is 0.398. The first kappa shape index (κ1) is 10.2. The van der Waals surface area contributed by atoms with Crippen LogP contribution in [0.2, 0.25) is 0 Å². The molecule has 1 aromatic heterocycles. The number of aromatic carboxylic acids is 1. The van der Waals surface area contributed by atoms with Crippen LogP contribution in [0.25, 0.3) is 0 Å². The number of aromatic nitrogens is 1. The van der Waals surface area contributed by atoms with Crippen molar-refractivity contribution >= 4 is 5.97 Å². The molecule has 15 heavy (non-hydrogen) atoms. The minimum absolute atomic E-state index is 0.310. The van der Waals surface area contributed by atoms with Crippen molar-refractivity contribution in [2.75, 3.05) is 20.1 Å². The molecule has 1 aliphatic rings. The fraction of sp³-hybridized carbons (Fsp3) is 0.545. The Labute approximate surface area is 89.1 Å². The predicted octanol–water partition coefficient (Wildman–Crippen LogP) is 1.45. The van der Waals surface area contributed by atoms with Crippen molar-refractivity contribution in [3.63, 3.8) is 0 Å². The highest BCUT2D eigenvalue weighted by molar-refractivity contribution is 5.85. The van der Waals surface area contributed by atoms with E-state index in [4.69, 9.17) is 5.11 Å². The summed E-state index contributed by atoms with van der Waals surface area (Å²) in [4.78, 5) is 13.2. The number of hydrogen-bond donors (Lipinski definition) is 1. The Hall–Kier alpha value is -1.29. The minimum atomic E-state index is -0.840. The lowest BCUT2D eigenvalue weighted by Crippen LogP contribution is -2.34. The van der Waals surface area contributed by atoms with Gasteiger partial charge in [-0.25, -0.2) is 4.79 Å². The average molecular weight is 208 g/mol. The fourth-order valence-corrected chi connectivity index (χ4v) is 2.26. The molecule has 1 unspecified atom stereocenters. The highest BCUT2D eigenvalue weighted by Crippen LogP contribution is 2.22. The van der Waals surface area contributed by atoms with Gasteiger partial charge in [0.1, 0.15) is 5.69 Å². The molecule has 0 bridgehead atoms. The predicted molar refractivity (Wildman–Crippen MR) is 57.2 cm³/mol. The molecule has 0 aromatic carbocycles. The minimum Gasteiger partial charge on any atom is -0.477 e. The Morgan fingerprint density at radius 3 is 3.07 bits per heavy atom. The van der Waals surface area contributed by atoms with Crippen LogP contribution >= 0.6 is 0 Å². The van der Waals surface area contributed by atoms with Crippen LogP contribution in [0.3, 0.4) is 0 Å². The molecule has 2 heterocycles. The van der Waals surface area contributed by atoms with Crippen LogP contribution in [0, 0.1) is 0 Å². The van der Waals surface area contributed by atoms with E-state index >= 15 is 0 Å². The number of likely N-dealkylation sites (N-methyl/N-ethyl adjacent to an activating group) is 1. The summed E-state index contributed by atoms with van der Waals surface area (Å²) in [5, 5.41) is 9.02. The number of nitrogens with zero attached hydrogens (tertiary/aromatic N) is 2. The Kier molecular flexibility index (Phi) is 2.77. The largest absolute Gasteiger partial charge is 0.477 e. The molecule has 1 saturated heterocycles. The number of carboxylic acid groups (broad SMARTS) is 1. The van der Waals surface area contributed by atoms with Gasteiger partial charge in [0.05, 0.1) is 0 Å². The van der Waals surface area contributed by atoms with E-state index in [0.717, 1.165) is 25.9 Å². The molecule has 1 aromatic rings. The topological polar surface area (TPSA) is 45.5 Å². The third-order valence-corrected chi connectivity index (χ3v) is 2.99. The Bertz CT molecular complexity index is 359. The number of carboxylic acids is 1. The van der Waals surface area contributed by atoms with Gasteiger partial charge in [-0.1, -0.05) is 0 Å². The maximum absolute atomic E-state index is 11.0. The van der Waals surface area contributed by atoms with Gasteiger partial charge < -0.3 is 14.6 Å². The lowest BCUT2D eigenvalue weighted by molar-refractivity contribution is 0.0678. The summed E-state index contributed by atoms with van der Waals surface area (Å²) in [7, 11) is 2.08. The Morgan fingerprint density at radius 2 is 2.40 bits per heavy atom. The van der Waals surface area contributed by atoms with Gasteiger partial charge in [0.25, 0.3) is 0 Å². The van der Waals surface area contributed by atoms with Crippen LogP contribution < -0.4 is 0 Å². The lowest BCUT2D eigenvalue weighted by atomic mass is 10.1. The van der Waals surface area contributed by atoms with E-state index in [1.807, 2.05) is 10.8 Å². The van der Waals surface area contributed by atoms with Crippen molar-refractivity contribution in [1.29, 1.82) is 0 Å². The highest BCUT2D eigenvalue weighted by Gasteiger charge is 2.21. The molecule has 82 valence electrons. The third-order valence-electron chi connectivity index (χ3n) is 2.99. The monoisotopic (exact) mass is 208 g/mol. The van der Waals surface area contributed by atoms with Crippen LogP contribution in [-0.4, -0.2) is 40.7 Å². The third kappa shape index (κ3) is 2.04. The maximum Gasteiger partial charge on any atom is 0.352 e. The van der Waals surface area contributed by atoms with Crippen molar-refractivity contribution in [1.82, 2.24) is 9.47 Å². The summed E-state index contributed by atoms with van der Waals surface area (Å²) < 4.78 is 1.89. The molecule has 2 rings (SSSR count). The smallest absolute Gasteiger partial charge is 0.352 e. The highest BCUT2D eigenvalue weighted by atomic mass is 16.4. The first-order valence-corrected chi connectivity index (χ1v) is 5.27. The van der Waals surface area contributed by atoms with Crippen molar-refractivity contribution in [3.8, 4) is 0 Å². The zero-order valence-corrected chi connectivity index (χ0v) is 8.89. The van der Waals surface area contributed by atoms with E-state index in [1.165, 1.54) is 0 Å². The van der Waals surface area contributed by atoms with Gasteiger partial charge in [0.2, 0.25) is 0 Å². The molecule has 4 nitrogen and oxygen atoms in total. The van der Waals surface area contributed by atoms with Crippen molar-refractivity contribution < 1.29 is 9.90 Å². The van der Waals surface area contributed by atoms with Gasteiger partial charge >= 0.3 is 5.97 Å². The first-order valence-electron chi connectivity index (χ1n) is 5.27. The molecule has 1 fully saturated rings. The summed E-state index contributed by atoms with van der Waals surface area (Å²) in [6.07, 6.45) is 4.07. The fourth-order valence-electron chi connectivity index (χ4n) is 2.26. The summed E-state index contributed by atoms with van der Waals surface area (Å²) in [6, 6.07) is 3.78. The average Bonchev–Trinajstić information content (AvgIpc) is 2.65. The lowest BCUT2D eigenvalue weighted by Gasteiger charge is -2.31. The molecule has 0 amide bonds. The molecule has 1 atom stereocenters. The number of carbonyl (C=O) groups is 1. The van der Waals surface area contributed by atoms with E-state index in [1.54, 1.807) is 12.1 Å². The van der Waals surface area contributed by atoms with Gasteiger partial charge in [-0.15, -0.1) is 0 Å². The number of piperidine rings is 1. The Morgan fingerprint density at radius 1 is 1.60 bits per heavy atom. The molecule has 0 saturated carbocycles. The molecule has 0 spiro atoms. The second-order valence-electron chi connectivity index (χ2n) is 4.16. The van der Waals surface area contributed by atoms with Crippen molar-refractivity contribution in [2.24, 2.45) is 0 Å². The summed E-state index contributed by atoms with van der Waals surface area (Å²) in [6.45, 7) is 2.05. The maximum atomic E-state index is 11.0. The SMILES string of the molecule is CN1CCCC(n2cccc2C(=O)O)C1. The van der Waals surface area contributed by atoms with Crippen LogP contribution in [0.1, 0.15) is 29.4 Å². The van der Waals surface area contributed by atoms with Crippen LogP contribution in [-0.2, 0) is 0 Å². The van der Waals surface area contributed by atoms with Crippen LogP contribution in [0.4, 0.5) is 0 Å². The van der Waals surface area contributed by atoms with Crippen LogP contribution in [0.15, 0.2) is 18.3 Å². The molecule has 1 aliphatic heterocycles. The van der Waals surface area contributed by atoms with Gasteiger partial charge in [0.15, 0.2) is 0 Å². The van der Waals surface area contributed by atoms with E-state index in [0.29, 0.717) is 11.7 Å². The second kappa shape index (κ2) is 4.06. The van der Waals surface area contributed by atoms with Gasteiger partial charge in [-0.3, -0.25) is 0 Å². The molecule has 0 aliphatic carbocycles. The van der Waals surface area contributed by atoms with Crippen molar-refractivity contribution in [2.45, 2.75) is 18.9 Å². The molecular formula is C11H16N2O2. The first-order chi connectivity index (χ1) is 7.18. The van der Waals surface area contributed by atoms with Crippen molar-refractivity contribution in [3.05, 3.63) is 24.0 Å². The normalized spacial score (nSPS) is 22.9. The molecule has 4 heteroatoms. The van der Waals surface area contributed by atoms with Gasteiger partial charge in [-0.2, -0.15) is 0 Å². The van der Waals surface area contributed by atoms with E-state index < -0.39 is 5.97 Å². The number of hydrogen-bond acceptors (Lipinski definition) is 2. The van der Waals surface area contributed by atoms with E-state index in [2.05, 4.69) is 11.9 Å². The van der Waals surface area contributed by atoms with Gasteiger partial charge in [-0.05, 0) is 38.6 Å². The zero-order chi connectivity index (χ0) is 10.8. The molecule has 1 N–H and O–H groups in total. The summed E-state index contributed by atoms with van der Waals surface area (Å²) in [5.74, 6) is -0.840. The molecule has 0 radical (unpaired) electrons. The van der Waals surface area contributed by atoms with E-state index in [9.17, 15) is 4.79 Å². The number of rotatable bonds is 2. The van der Waals surface area contributed by atoms with E-state index in [-0.39, 0.29) is 0 Å². The molecular weight excluding hydrogens is 192 g/mol. The summed E-state index contributed by atoms with van der Waals surface area (Å²) >= 11 is 0. The standard InChI is InChI=1S/C11H16N2O2/c1-12-6-2-4-9(8-12)13-7-3-5-10(13)11(14)15/h3,5,7,9H,2,4,6,8H2,1H3,(H,14,15). The second-order valence-corrected chi connectivity index (χ2v) is 4.16. The van der Waals surface area contributed by atoms with Gasteiger partial charge in [0, 0.05) is 18.8 Å². The Balaban J connectivity index is 2.21. The zero-order valence-electron chi connectivity index (χ0n) is 8.89.